The van der Waals surface area contributed by atoms with Crippen LogP contribution in [0.25, 0.3) is 0 Å². The number of piperazine rings is 1. The first kappa shape index (κ1) is 17.1. The molecule has 0 unspecified atom stereocenters. The van der Waals surface area contributed by atoms with Crippen LogP contribution in [0.5, 0.6) is 5.88 Å². The van der Waals surface area contributed by atoms with Crippen molar-refractivity contribution in [2.24, 2.45) is 0 Å². The van der Waals surface area contributed by atoms with Crippen LogP contribution in [0.1, 0.15) is 36.8 Å². The van der Waals surface area contributed by atoms with E-state index in [4.69, 9.17) is 9.72 Å². The van der Waals surface area contributed by atoms with E-state index in [0.29, 0.717) is 12.5 Å². The summed E-state index contributed by atoms with van der Waals surface area (Å²) >= 11 is 0. The molecule has 26 heavy (non-hydrogen) atoms. The van der Waals surface area contributed by atoms with Crippen molar-refractivity contribution in [3.63, 3.8) is 0 Å². The van der Waals surface area contributed by atoms with Crippen molar-refractivity contribution in [1.29, 1.82) is 0 Å². The van der Waals surface area contributed by atoms with E-state index in [1.54, 1.807) is 0 Å². The molecule has 1 fully saturated rings. The number of fused-ring (bicyclic) bond motifs is 1. The molecular formula is C20H27N5O. The molecule has 138 valence electrons. The van der Waals surface area contributed by atoms with Gasteiger partial charge < -0.3 is 14.5 Å². The zero-order chi connectivity index (χ0) is 17.9. The Morgan fingerprint density at radius 3 is 2.54 bits per heavy atom. The summed E-state index contributed by atoms with van der Waals surface area (Å²) in [6.45, 7) is 8.45. The van der Waals surface area contributed by atoms with Crippen molar-refractivity contribution in [2.75, 3.05) is 42.6 Å². The lowest BCUT2D eigenvalue weighted by molar-refractivity contribution is 0.327. The fourth-order valence-corrected chi connectivity index (χ4v) is 3.91. The van der Waals surface area contributed by atoms with Gasteiger partial charge in [-0.05, 0) is 45.6 Å². The Balaban J connectivity index is 1.49. The molecule has 2 aromatic rings. The highest BCUT2D eigenvalue weighted by molar-refractivity contribution is 5.52. The van der Waals surface area contributed by atoms with Crippen LogP contribution in [0.15, 0.2) is 18.2 Å². The molecule has 2 aliphatic rings. The van der Waals surface area contributed by atoms with Crippen molar-refractivity contribution in [3.8, 4) is 5.88 Å². The summed E-state index contributed by atoms with van der Waals surface area (Å²) in [4.78, 5) is 18.9. The quantitative estimate of drug-likeness (QED) is 0.842. The summed E-state index contributed by atoms with van der Waals surface area (Å²) in [6.07, 6.45) is 4.71. The molecule has 6 nitrogen and oxygen atoms in total. The Kier molecular flexibility index (Phi) is 4.91. The minimum Gasteiger partial charge on any atom is -0.478 e. The van der Waals surface area contributed by atoms with Gasteiger partial charge in [-0.1, -0.05) is 6.07 Å². The van der Waals surface area contributed by atoms with E-state index in [9.17, 15) is 0 Å². The van der Waals surface area contributed by atoms with Gasteiger partial charge in [0.2, 0.25) is 5.88 Å². The van der Waals surface area contributed by atoms with Crippen molar-refractivity contribution in [2.45, 2.75) is 39.5 Å². The van der Waals surface area contributed by atoms with Crippen LogP contribution in [0.4, 0.5) is 11.6 Å². The lowest BCUT2D eigenvalue weighted by Crippen LogP contribution is -2.47. The van der Waals surface area contributed by atoms with Crippen molar-refractivity contribution >= 4 is 11.6 Å². The molecule has 3 heterocycles. The van der Waals surface area contributed by atoms with Crippen LogP contribution in [-0.2, 0) is 12.8 Å². The molecule has 4 rings (SSSR count). The first-order valence-corrected chi connectivity index (χ1v) is 9.70. The van der Waals surface area contributed by atoms with Gasteiger partial charge in [0.05, 0.1) is 6.61 Å². The second kappa shape index (κ2) is 7.48. The normalized spacial score (nSPS) is 17.2. The van der Waals surface area contributed by atoms with E-state index in [-0.39, 0.29) is 0 Å². The molecule has 2 aromatic heterocycles. The van der Waals surface area contributed by atoms with Crippen molar-refractivity contribution in [3.05, 3.63) is 35.3 Å². The fraction of sp³-hybridized carbons (Fsp3) is 0.550. The highest BCUT2D eigenvalue weighted by Gasteiger charge is 2.24. The highest BCUT2D eigenvalue weighted by atomic mass is 16.5. The molecule has 0 aromatic carbocycles. The Morgan fingerprint density at radius 2 is 1.73 bits per heavy atom. The maximum atomic E-state index is 5.54. The summed E-state index contributed by atoms with van der Waals surface area (Å²) in [7, 11) is 0. The van der Waals surface area contributed by atoms with Gasteiger partial charge >= 0.3 is 0 Å². The summed E-state index contributed by atoms with van der Waals surface area (Å²) < 4.78 is 5.54. The van der Waals surface area contributed by atoms with Gasteiger partial charge in [0, 0.05) is 43.5 Å². The third kappa shape index (κ3) is 3.45. The second-order valence-electron chi connectivity index (χ2n) is 6.97. The standard InChI is InChI=1S/C20H27N5O/c1-3-26-19-10-6-9-18(23-19)24-11-13-25(14-12-24)20-16-7-4-5-8-17(16)21-15(2)22-20/h6,9-10H,3-5,7-8,11-14H2,1-2H3. The molecule has 0 bridgehead atoms. The number of aryl methyl sites for hydroxylation is 2. The largest absolute Gasteiger partial charge is 0.478 e. The molecule has 6 heteroatoms. The van der Waals surface area contributed by atoms with Gasteiger partial charge in [-0.25, -0.2) is 9.97 Å². The van der Waals surface area contributed by atoms with Gasteiger partial charge in [-0.2, -0.15) is 4.98 Å². The fourth-order valence-electron chi connectivity index (χ4n) is 3.91. The molecule has 0 saturated carbocycles. The first-order chi connectivity index (χ1) is 12.7. The van der Waals surface area contributed by atoms with E-state index in [0.717, 1.165) is 50.7 Å². The number of ether oxygens (including phenoxy) is 1. The molecule has 0 N–H and O–H groups in total. The van der Waals surface area contributed by atoms with Crippen molar-refractivity contribution < 1.29 is 4.74 Å². The SMILES string of the molecule is CCOc1cccc(N2CCN(c3nc(C)nc4c3CCCC4)CC2)n1. The van der Waals surface area contributed by atoms with Crippen molar-refractivity contribution in [1.82, 2.24) is 15.0 Å². The molecule has 0 spiro atoms. The molecule has 0 atom stereocenters. The Bertz CT molecular complexity index is 771. The Labute approximate surface area is 155 Å². The Morgan fingerprint density at radius 1 is 0.962 bits per heavy atom. The maximum absolute atomic E-state index is 5.54. The Hall–Kier alpha value is -2.37. The third-order valence-corrected chi connectivity index (χ3v) is 5.18. The van der Waals surface area contributed by atoms with Gasteiger partial charge in [0.15, 0.2) is 0 Å². The average Bonchev–Trinajstić information content (AvgIpc) is 2.68. The number of hydrogen-bond donors (Lipinski definition) is 0. The summed E-state index contributed by atoms with van der Waals surface area (Å²) in [6, 6.07) is 6.00. The van der Waals surface area contributed by atoms with Gasteiger partial charge in [0.25, 0.3) is 0 Å². The smallest absolute Gasteiger partial charge is 0.215 e. The number of rotatable bonds is 4. The van der Waals surface area contributed by atoms with Crippen LogP contribution in [0.2, 0.25) is 0 Å². The second-order valence-corrected chi connectivity index (χ2v) is 6.97. The van der Waals surface area contributed by atoms with E-state index in [1.165, 1.54) is 29.9 Å². The zero-order valence-electron chi connectivity index (χ0n) is 15.7. The number of pyridine rings is 1. The minimum absolute atomic E-state index is 0.641. The average molecular weight is 353 g/mol. The molecule has 1 aliphatic heterocycles. The lowest BCUT2D eigenvalue weighted by atomic mass is 9.96. The van der Waals surface area contributed by atoms with Crippen LogP contribution in [0, 0.1) is 6.92 Å². The molecule has 0 amide bonds. The molecule has 1 saturated heterocycles. The van der Waals surface area contributed by atoms with Gasteiger partial charge in [0.1, 0.15) is 17.5 Å². The summed E-state index contributed by atoms with van der Waals surface area (Å²) in [5, 5.41) is 0. The van der Waals surface area contributed by atoms with Crippen LogP contribution >= 0.6 is 0 Å². The van der Waals surface area contributed by atoms with Crippen LogP contribution in [0.3, 0.4) is 0 Å². The van der Waals surface area contributed by atoms with E-state index < -0.39 is 0 Å². The van der Waals surface area contributed by atoms with Gasteiger partial charge in [-0.15, -0.1) is 0 Å². The molecule has 1 aliphatic carbocycles. The zero-order valence-corrected chi connectivity index (χ0v) is 15.7. The predicted molar refractivity (Wildman–Crippen MR) is 103 cm³/mol. The van der Waals surface area contributed by atoms with E-state index in [1.807, 2.05) is 26.0 Å². The predicted octanol–water partition coefficient (Wildman–Crippen LogP) is 2.78. The lowest BCUT2D eigenvalue weighted by Gasteiger charge is -2.37. The van der Waals surface area contributed by atoms with Crippen LogP contribution in [-0.4, -0.2) is 47.7 Å². The highest BCUT2D eigenvalue weighted by Crippen LogP contribution is 2.29. The molecular weight excluding hydrogens is 326 g/mol. The maximum Gasteiger partial charge on any atom is 0.215 e. The topological polar surface area (TPSA) is 54.4 Å². The van der Waals surface area contributed by atoms with E-state index in [2.05, 4.69) is 25.8 Å². The van der Waals surface area contributed by atoms with Crippen LogP contribution < -0.4 is 14.5 Å². The summed E-state index contributed by atoms with van der Waals surface area (Å²) in [5.41, 5.74) is 2.65. The van der Waals surface area contributed by atoms with Gasteiger partial charge in [-0.3, -0.25) is 0 Å². The monoisotopic (exact) mass is 353 g/mol. The third-order valence-electron chi connectivity index (χ3n) is 5.18. The summed E-state index contributed by atoms with van der Waals surface area (Å²) in [5.74, 6) is 3.77. The number of aromatic nitrogens is 3. The minimum atomic E-state index is 0.641. The number of nitrogens with zero attached hydrogens (tertiary/aromatic N) is 5. The molecule has 0 radical (unpaired) electrons. The van der Waals surface area contributed by atoms with E-state index >= 15 is 0 Å². The number of hydrogen-bond acceptors (Lipinski definition) is 6. The number of anilines is 2. The first-order valence-electron chi connectivity index (χ1n) is 9.70.